The Bertz CT molecular complexity index is 1270. The molecule has 3 heterocycles. The van der Waals surface area contributed by atoms with Crippen molar-refractivity contribution in [1.29, 1.82) is 0 Å². The van der Waals surface area contributed by atoms with Crippen LogP contribution in [0.3, 0.4) is 0 Å². The zero-order valence-corrected chi connectivity index (χ0v) is 20.6. The number of hydrogen-bond acceptors (Lipinski definition) is 6. The topological polar surface area (TPSA) is 88.5 Å². The highest BCUT2D eigenvalue weighted by Gasteiger charge is 2.23. The fraction of sp³-hybridized carbons (Fsp3) is 0.400. The first-order valence-electron chi connectivity index (χ1n) is 11.4. The van der Waals surface area contributed by atoms with Crippen LogP contribution in [0.25, 0.3) is 10.9 Å². The van der Waals surface area contributed by atoms with E-state index in [1.807, 2.05) is 24.3 Å². The number of nitrogens with one attached hydrogen (secondary N) is 2. The summed E-state index contributed by atoms with van der Waals surface area (Å²) in [7, 11) is 3.20. The third-order valence-electron chi connectivity index (χ3n) is 6.14. The molecule has 180 valence electrons. The van der Waals surface area contributed by atoms with Crippen molar-refractivity contribution >= 4 is 45.6 Å². The summed E-state index contributed by atoms with van der Waals surface area (Å²) in [5, 5.41) is 7.18. The monoisotopic (exact) mass is 483 g/mol. The fourth-order valence-electron chi connectivity index (χ4n) is 4.55. The van der Waals surface area contributed by atoms with Gasteiger partial charge in [-0.25, -0.2) is 4.98 Å². The summed E-state index contributed by atoms with van der Waals surface area (Å²) < 4.78 is 6.96. The van der Waals surface area contributed by atoms with Crippen molar-refractivity contribution in [3.8, 4) is 5.75 Å². The lowest BCUT2D eigenvalue weighted by atomic mass is 9.92. The van der Waals surface area contributed by atoms with Gasteiger partial charge in [-0.15, -0.1) is 0 Å². The van der Waals surface area contributed by atoms with Crippen molar-refractivity contribution in [2.45, 2.75) is 20.3 Å². The van der Waals surface area contributed by atoms with Gasteiger partial charge in [0, 0.05) is 44.3 Å². The minimum Gasteiger partial charge on any atom is -0.478 e. The molecule has 3 aromatic rings. The Labute approximate surface area is 203 Å². The van der Waals surface area contributed by atoms with E-state index in [0.717, 1.165) is 41.2 Å². The molecule has 2 aromatic heterocycles. The summed E-state index contributed by atoms with van der Waals surface area (Å²) in [6.45, 7) is 6.26. The predicted molar refractivity (Wildman–Crippen MR) is 136 cm³/mol. The standard InChI is InChI=1S/C25H30ClN5O3/c1-15-7-16(2)13-31(12-15)23-10-20(19(26)11-28-23)29-18-5-6-21-17(8-18)9-22(25(33)30(21)4)34-14-24(32)27-3/h5-6,8-11,15-16H,7,12-14H2,1-4H3,(H,27,32)(H,28,29)/t15-,16+. The van der Waals surface area contributed by atoms with E-state index in [1.54, 1.807) is 19.3 Å². The van der Waals surface area contributed by atoms with Crippen molar-refractivity contribution < 1.29 is 9.53 Å². The van der Waals surface area contributed by atoms with E-state index in [9.17, 15) is 9.59 Å². The van der Waals surface area contributed by atoms with Crippen molar-refractivity contribution in [3.63, 3.8) is 0 Å². The van der Waals surface area contributed by atoms with Crippen LogP contribution in [0, 0.1) is 11.8 Å². The molecule has 0 unspecified atom stereocenters. The number of piperidine rings is 1. The van der Waals surface area contributed by atoms with Gasteiger partial charge in [0.25, 0.3) is 11.5 Å². The highest BCUT2D eigenvalue weighted by Crippen LogP contribution is 2.32. The number of likely N-dealkylation sites (N-methyl/N-ethyl adjacent to an activating group) is 1. The van der Waals surface area contributed by atoms with Gasteiger partial charge in [0.1, 0.15) is 5.82 Å². The quantitative estimate of drug-likeness (QED) is 0.552. The van der Waals surface area contributed by atoms with E-state index in [-0.39, 0.29) is 23.8 Å². The number of rotatable bonds is 6. The normalized spacial score (nSPS) is 18.1. The van der Waals surface area contributed by atoms with Crippen molar-refractivity contribution in [3.05, 3.63) is 51.9 Å². The highest BCUT2D eigenvalue weighted by atomic mass is 35.5. The zero-order chi connectivity index (χ0) is 24.4. The average molecular weight is 484 g/mol. The number of fused-ring (bicyclic) bond motifs is 1. The molecule has 0 radical (unpaired) electrons. The van der Waals surface area contributed by atoms with E-state index >= 15 is 0 Å². The zero-order valence-electron chi connectivity index (χ0n) is 19.9. The van der Waals surface area contributed by atoms with E-state index < -0.39 is 0 Å². The molecule has 1 aliphatic rings. The molecular weight excluding hydrogens is 454 g/mol. The maximum absolute atomic E-state index is 12.6. The average Bonchev–Trinajstić information content (AvgIpc) is 2.81. The van der Waals surface area contributed by atoms with Crippen LogP contribution in [0.5, 0.6) is 5.75 Å². The second-order valence-electron chi connectivity index (χ2n) is 9.11. The van der Waals surface area contributed by atoms with Gasteiger partial charge in [-0.05, 0) is 42.5 Å². The molecule has 0 saturated carbocycles. The molecule has 1 fully saturated rings. The van der Waals surface area contributed by atoms with Gasteiger partial charge in [-0.3, -0.25) is 9.59 Å². The van der Waals surface area contributed by atoms with E-state index in [2.05, 4.69) is 34.4 Å². The van der Waals surface area contributed by atoms with E-state index in [0.29, 0.717) is 16.9 Å². The highest BCUT2D eigenvalue weighted by molar-refractivity contribution is 6.33. The summed E-state index contributed by atoms with van der Waals surface area (Å²) >= 11 is 6.47. The van der Waals surface area contributed by atoms with Gasteiger partial charge in [0.2, 0.25) is 0 Å². The number of carbonyl (C=O) groups excluding carboxylic acids is 1. The summed E-state index contributed by atoms with van der Waals surface area (Å²) in [5.41, 5.74) is 2.02. The molecule has 2 N–H and O–H groups in total. The molecule has 0 bridgehead atoms. The Hall–Kier alpha value is -3.26. The molecule has 8 nitrogen and oxygen atoms in total. The Morgan fingerprint density at radius 3 is 2.65 bits per heavy atom. The Balaban J connectivity index is 1.62. The first-order valence-corrected chi connectivity index (χ1v) is 11.8. The van der Waals surface area contributed by atoms with Crippen LogP contribution in [0.15, 0.2) is 41.3 Å². The molecule has 0 spiro atoms. The maximum Gasteiger partial charge on any atom is 0.293 e. The number of pyridine rings is 2. The molecule has 2 atom stereocenters. The summed E-state index contributed by atoms with van der Waals surface area (Å²) in [4.78, 5) is 31.0. The van der Waals surface area contributed by atoms with Crippen LogP contribution in [0.4, 0.5) is 17.2 Å². The third kappa shape index (κ3) is 5.12. The second-order valence-corrected chi connectivity index (χ2v) is 9.51. The molecule has 1 aliphatic heterocycles. The number of nitrogens with zero attached hydrogens (tertiary/aromatic N) is 3. The van der Waals surface area contributed by atoms with Gasteiger partial charge in [0.05, 0.1) is 22.4 Å². The fourth-order valence-corrected chi connectivity index (χ4v) is 4.70. The number of ether oxygens (including phenoxy) is 1. The van der Waals surface area contributed by atoms with Gasteiger partial charge in [0.15, 0.2) is 12.4 Å². The van der Waals surface area contributed by atoms with Gasteiger partial charge >= 0.3 is 0 Å². The summed E-state index contributed by atoms with van der Waals surface area (Å²) in [6.07, 6.45) is 2.91. The van der Waals surface area contributed by atoms with Gasteiger partial charge < -0.3 is 24.8 Å². The van der Waals surface area contributed by atoms with Crippen LogP contribution in [-0.2, 0) is 11.8 Å². The molecule has 1 saturated heterocycles. The summed E-state index contributed by atoms with van der Waals surface area (Å²) in [6, 6.07) is 9.32. The Morgan fingerprint density at radius 2 is 1.94 bits per heavy atom. The molecular formula is C25H30ClN5O3. The lowest BCUT2D eigenvalue weighted by molar-refractivity contribution is -0.122. The van der Waals surface area contributed by atoms with Gasteiger partial charge in [-0.1, -0.05) is 25.4 Å². The molecule has 1 aromatic carbocycles. The molecule has 0 aliphatic carbocycles. The number of anilines is 3. The first kappa shape index (κ1) is 23.9. The first-order chi connectivity index (χ1) is 16.2. The molecule has 34 heavy (non-hydrogen) atoms. The van der Waals surface area contributed by atoms with Crippen molar-refractivity contribution in [1.82, 2.24) is 14.9 Å². The lowest BCUT2D eigenvalue weighted by Crippen LogP contribution is -2.39. The molecule has 4 rings (SSSR count). The number of hydrogen-bond donors (Lipinski definition) is 2. The summed E-state index contributed by atoms with van der Waals surface area (Å²) in [5.74, 6) is 1.94. The number of aromatic nitrogens is 2. The third-order valence-corrected chi connectivity index (χ3v) is 6.44. The van der Waals surface area contributed by atoms with Crippen LogP contribution < -0.4 is 25.8 Å². The van der Waals surface area contributed by atoms with Crippen molar-refractivity contribution in [2.24, 2.45) is 18.9 Å². The molecule has 9 heteroatoms. The number of amides is 1. The largest absolute Gasteiger partial charge is 0.478 e. The van der Waals surface area contributed by atoms with Crippen molar-refractivity contribution in [2.75, 3.05) is 37.0 Å². The number of halogens is 1. The number of carbonyl (C=O) groups is 1. The van der Waals surface area contributed by atoms with E-state index in [1.165, 1.54) is 18.0 Å². The van der Waals surface area contributed by atoms with Crippen LogP contribution in [-0.4, -0.2) is 42.2 Å². The lowest BCUT2D eigenvalue weighted by Gasteiger charge is -2.36. The van der Waals surface area contributed by atoms with Crippen LogP contribution >= 0.6 is 11.6 Å². The minimum atomic E-state index is -0.307. The predicted octanol–water partition coefficient (Wildman–Crippen LogP) is 3.94. The number of benzene rings is 1. The van der Waals surface area contributed by atoms with Gasteiger partial charge in [-0.2, -0.15) is 0 Å². The SMILES string of the molecule is CNC(=O)COc1cc2cc(Nc3cc(N4C[C@H](C)C[C@H](C)C4)ncc3Cl)ccc2n(C)c1=O. The van der Waals surface area contributed by atoms with Crippen LogP contribution in [0.1, 0.15) is 20.3 Å². The Kier molecular flexibility index (Phi) is 6.97. The Morgan fingerprint density at radius 1 is 1.21 bits per heavy atom. The molecule has 1 amide bonds. The second kappa shape index (κ2) is 9.93. The van der Waals surface area contributed by atoms with E-state index in [4.69, 9.17) is 16.3 Å². The minimum absolute atomic E-state index is 0.119. The maximum atomic E-state index is 12.6. The number of aryl methyl sites for hydroxylation is 1. The van der Waals surface area contributed by atoms with Crippen LogP contribution in [0.2, 0.25) is 5.02 Å². The smallest absolute Gasteiger partial charge is 0.293 e.